The van der Waals surface area contributed by atoms with E-state index in [1.54, 1.807) is 0 Å². The molecule has 2 rings (SSSR count). The third-order valence-corrected chi connectivity index (χ3v) is 5.25. The van der Waals surface area contributed by atoms with Gasteiger partial charge in [0.25, 0.3) is 0 Å². The Bertz CT molecular complexity index is 313. The maximum Gasteiger partial charge on any atom is 0.0753 e. The van der Waals surface area contributed by atoms with Crippen LogP contribution in [0.15, 0.2) is 24.3 Å². The molecule has 0 bridgehead atoms. The minimum atomic E-state index is -0.222. The second-order valence-corrected chi connectivity index (χ2v) is 6.64. The van der Waals surface area contributed by atoms with Crippen LogP contribution in [0.3, 0.4) is 0 Å². The average molecular weight is 280 g/mol. The van der Waals surface area contributed by atoms with Crippen LogP contribution in [0.4, 0.5) is 0 Å². The van der Waals surface area contributed by atoms with E-state index in [2.05, 4.69) is 40.9 Å². The molecular weight excluding hydrogens is 248 g/mol. The lowest BCUT2D eigenvalue weighted by molar-refractivity contribution is 0.210. The number of aliphatic hydroxyl groups is 2. The quantitative estimate of drug-likeness (QED) is 0.752. The van der Waals surface area contributed by atoms with Crippen molar-refractivity contribution in [2.24, 2.45) is 23.7 Å². The van der Waals surface area contributed by atoms with Crippen molar-refractivity contribution in [3.05, 3.63) is 24.3 Å². The van der Waals surface area contributed by atoms with E-state index < -0.39 is 0 Å². The minimum absolute atomic E-state index is 0.222. The molecule has 0 spiro atoms. The number of rotatable bonds is 2. The molecule has 0 heterocycles. The summed E-state index contributed by atoms with van der Waals surface area (Å²) in [7, 11) is 0. The largest absolute Gasteiger partial charge is 0.389 e. The second kappa shape index (κ2) is 7.42. The molecule has 20 heavy (non-hydrogen) atoms. The Morgan fingerprint density at radius 3 is 1.25 bits per heavy atom. The molecule has 2 aliphatic carbocycles. The lowest BCUT2D eigenvalue weighted by Gasteiger charge is -2.12. The van der Waals surface area contributed by atoms with Crippen molar-refractivity contribution >= 4 is 0 Å². The van der Waals surface area contributed by atoms with Gasteiger partial charge in [-0.25, -0.2) is 0 Å². The maximum atomic E-state index is 9.37. The van der Waals surface area contributed by atoms with Crippen LogP contribution in [-0.2, 0) is 0 Å². The van der Waals surface area contributed by atoms with Gasteiger partial charge in [-0.3, -0.25) is 0 Å². The fraction of sp³-hybridized carbons (Fsp3) is 0.778. The van der Waals surface area contributed by atoms with E-state index in [1.165, 1.54) is 0 Å². The highest BCUT2D eigenvalue weighted by Crippen LogP contribution is 2.38. The highest BCUT2D eigenvalue weighted by Gasteiger charge is 2.32. The van der Waals surface area contributed by atoms with E-state index in [0.29, 0.717) is 23.7 Å². The van der Waals surface area contributed by atoms with Crippen LogP contribution >= 0.6 is 0 Å². The van der Waals surface area contributed by atoms with Crippen molar-refractivity contribution in [1.29, 1.82) is 0 Å². The molecule has 2 heteroatoms. The van der Waals surface area contributed by atoms with Gasteiger partial charge in [0.05, 0.1) is 12.2 Å². The fourth-order valence-corrected chi connectivity index (χ4v) is 3.89. The summed E-state index contributed by atoms with van der Waals surface area (Å²) in [6.07, 6.45) is 3.63. The lowest BCUT2D eigenvalue weighted by atomic mass is 9.93. The van der Waals surface area contributed by atoms with Gasteiger partial charge in [0, 0.05) is 0 Å². The van der Waals surface area contributed by atoms with Crippen molar-refractivity contribution < 1.29 is 10.2 Å². The predicted molar refractivity (Wildman–Crippen MR) is 85.4 cm³/mol. The zero-order valence-electron chi connectivity index (χ0n) is 13.6. The van der Waals surface area contributed by atoms with Crippen LogP contribution in [0.1, 0.15) is 53.4 Å². The molecule has 0 radical (unpaired) electrons. The van der Waals surface area contributed by atoms with Crippen molar-refractivity contribution in [3.63, 3.8) is 0 Å². The van der Waals surface area contributed by atoms with Crippen molar-refractivity contribution in [1.82, 2.24) is 0 Å². The predicted octanol–water partition coefficient (Wildman–Crippen LogP) is 3.94. The van der Waals surface area contributed by atoms with E-state index in [-0.39, 0.29) is 12.2 Å². The highest BCUT2D eigenvalue weighted by atomic mass is 16.3. The molecule has 2 fully saturated rings. The highest BCUT2D eigenvalue weighted by molar-refractivity contribution is 5.14. The summed E-state index contributed by atoms with van der Waals surface area (Å²) in [5.41, 5.74) is 2.10. The Labute approximate surface area is 124 Å². The molecule has 6 atom stereocenters. The smallest absolute Gasteiger partial charge is 0.0753 e. The summed E-state index contributed by atoms with van der Waals surface area (Å²) in [5.74, 6) is 2.39. The molecule has 2 N–H and O–H groups in total. The van der Waals surface area contributed by atoms with Crippen LogP contribution in [0, 0.1) is 23.7 Å². The Kier molecular flexibility index (Phi) is 6.47. The first-order valence-electron chi connectivity index (χ1n) is 8.06. The molecule has 2 saturated carbocycles. The molecule has 0 amide bonds. The molecule has 0 aromatic heterocycles. The Balaban J connectivity index is 0.000000200. The van der Waals surface area contributed by atoms with E-state index in [0.717, 1.165) is 36.8 Å². The van der Waals surface area contributed by atoms with Crippen molar-refractivity contribution in [3.8, 4) is 0 Å². The Morgan fingerprint density at radius 1 is 0.850 bits per heavy atom. The van der Waals surface area contributed by atoms with Gasteiger partial charge in [-0.15, -0.1) is 0 Å². The molecule has 0 unspecified atom stereocenters. The molecule has 0 saturated heterocycles. The lowest BCUT2D eigenvalue weighted by Crippen LogP contribution is -2.05. The molecule has 2 aliphatic rings. The molecule has 0 aromatic rings. The number of aliphatic hydroxyl groups excluding tert-OH is 2. The van der Waals surface area contributed by atoms with Gasteiger partial charge in [-0.2, -0.15) is 0 Å². The van der Waals surface area contributed by atoms with E-state index in [9.17, 15) is 10.2 Å². The van der Waals surface area contributed by atoms with Crippen LogP contribution in [0.2, 0.25) is 0 Å². The van der Waals surface area contributed by atoms with E-state index in [1.807, 2.05) is 0 Å². The third-order valence-electron chi connectivity index (χ3n) is 5.25. The maximum absolute atomic E-state index is 9.37. The third kappa shape index (κ3) is 3.73. The van der Waals surface area contributed by atoms with Crippen LogP contribution in [-0.4, -0.2) is 22.4 Å². The zero-order chi connectivity index (χ0) is 15.4. The molecular formula is C18H32O2. The summed E-state index contributed by atoms with van der Waals surface area (Å²) < 4.78 is 0. The summed E-state index contributed by atoms with van der Waals surface area (Å²) in [6, 6.07) is 0. The summed E-state index contributed by atoms with van der Waals surface area (Å²) in [5, 5.41) is 18.7. The minimum Gasteiger partial charge on any atom is -0.389 e. The van der Waals surface area contributed by atoms with Gasteiger partial charge in [-0.05, 0) is 60.5 Å². The average Bonchev–Trinajstić information content (AvgIpc) is 2.77. The topological polar surface area (TPSA) is 40.5 Å². The van der Waals surface area contributed by atoms with Gasteiger partial charge >= 0.3 is 0 Å². The van der Waals surface area contributed by atoms with E-state index in [4.69, 9.17) is 0 Å². The zero-order valence-corrected chi connectivity index (χ0v) is 13.6. The Hall–Kier alpha value is -0.600. The van der Waals surface area contributed by atoms with Crippen LogP contribution in [0.25, 0.3) is 0 Å². The van der Waals surface area contributed by atoms with Crippen LogP contribution < -0.4 is 0 Å². The van der Waals surface area contributed by atoms with Gasteiger partial charge in [0.2, 0.25) is 0 Å². The first-order valence-corrected chi connectivity index (χ1v) is 8.06. The van der Waals surface area contributed by atoms with Crippen LogP contribution in [0.5, 0.6) is 0 Å². The molecule has 116 valence electrons. The summed E-state index contributed by atoms with van der Waals surface area (Å²) in [4.78, 5) is 0. The van der Waals surface area contributed by atoms with E-state index >= 15 is 0 Å². The monoisotopic (exact) mass is 280 g/mol. The molecule has 2 nitrogen and oxygen atoms in total. The van der Waals surface area contributed by atoms with Gasteiger partial charge in [0.1, 0.15) is 0 Å². The molecule has 0 aliphatic heterocycles. The Morgan fingerprint density at radius 2 is 1.15 bits per heavy atom. The van der Waals surface area contributed by atoms with Crippen molar-refractivity contribution in [2.75, 3.05) is 0 Å². The summed E-state index contributed by atoms with van der Waals surface area (Å²) in [6.45, 7) is 16.5. The molecule has 0 aromatic carbocycles. The van der Waals surface area contributed by atoms with Gasteiger partial charge in [0.15, 0.2) is 0 Å². The van der Waals surface area contributed by atoms with Gasteiger partial charge < -0.3 is 10.2 Å². The first kappa shape index (κ1) is 17.5. The fourth-order valence-electron chi connectivity index (χ4n) is 3.89. The number of hydrogen-bond acceptors (Lipinski definition) is 2. The second-order valence-electron chi connectivity index (χ2n) is 6.64. The van der Waals surface area contributed by atoms with Crippen molar-refractivity contribution in [2.45, 2.75) is 65.6 Å². The summed E-state index contributed by atoms with van der Waals surface area (Å²) >= 11 is 0. The first-order chi connectivity index (χ1) is 9.33. The van der Waals surface area contributed by atoms with Gasteiger partial charge in [-0.1, -0.05) is 40.9 Å². The number of hydrogen-bond donors (Lipinski definition) is 2. The normalized spacial score (nSPS) is 40.7. The SMILES string of the molecule is C=C1[C@@H](O)C[C@H](C)[C@H]1CC.C=C1[C@H](O)C[C@H](C)[C@H]1CC. The standard InChI is InChI=1S/2C9H16O/c2*1-4-8-6(2)5-9(10)7(8)3/h2*6,8-10H,3-5H2,1-2H3/t6-,8+,9+;6-,8+,9-/m00/s1.